The minimum absolute atomic E-state index is 0.0679. The zero-order valence-corrected chi connectivity index (χ0v) is 10.4. The zero-order valence-electron chi connectivity index (χ0n) is 9.57. The lowest BCUT2D eigenvalue weighted by Gasteiger charge is -1.99. The summed E-state index contributed by atoms with van der Waals surface area (Å²) in [5.41, 5.74) is 7.79. The van der Waals surface area contributed by atoms with Crippen molar-refractivity contribution in [2.75, 3.05) is 5.73 Å². The lowest BCUT2D eigenvalue weighted by Crippen LogP contribution is -1.97. The summed E-state index contributed by atoms with van der Waals surface area (Å²) in [6, 6.07) is 3.64. The summed E-state index contributed by atoms with van der Waals surface area (Å²) in [4.78, 5) is 24.2. The van der Waals surface area contributed by atoms with Gasteiger partial charge < -0.3 is 10.8 Å². The first-order valence-corrected chi connectivity index (χ1v) is 6.17. The maximum Gasteiger partial charge on any atom is 0.348 e. The van der Waals surface area contributed by atoms with Crippen LogP contribution in [0.25, 0.3) is 21.6 Å². The molecule has 0 atom stereocenters. The smallest absolute Gasteiger partial charge is 0.348 e. The second-order valence-corrected chi connectivity index (χ2v) is 4.80. The third-order valence-electron chi connectivity index (χ3n) is 2.59. The van der Waals surface area contributed by atoms with Crippen LogP contribution in [0, 0.1) is 0 Å². The van der Waals surface area contributed by atoms with E-state index in [9.17, 15) is 4.79 Å². The van der Waals surface area contributed by atoms with E-state index in [1.807, 2.05) is 6.07 Å². The molecule has 3 N–H and O–H groups in total. The molecule has 94 valence electrons. The van der Waals surface area contributed by atoms with E-state index < -0.39 is 5.97 Å². The Morgan fingerprint density at radius 1 is 1.37 bits per heavy atom. The number of aromatic nitrogens is 3. The number of carboxylic acids is 1. The molecular formula is C12H8N4O2S. The fourth-order valence-electron chi connectivity index (χ4n) is 1.70. The van der Waals surface area contributed by atoms with Crippen LogP contribution < -0.4 is 5.73 Å². The number of rotatable bonds is 2. The number of pyridine rings is 1. The Morgan fingerprint density at radius 3 is 2.89 bits per heavy atom. The van der Waals surface area contributed by atoms with Crippen molar-refractivity contribution < 1.29 is 9.90 Å². The molecule has 3 aromatic rings. The van der Waals surface area contributed by atoms with Gasteiger partial charge in [0.2, 0.25) is 0 Å². The number of aromatic carboxylic acids is 1. The number of nitrogens with two attached hydrogens (primary N) is 1. The highest BCUT2D eigenvalue weighted by molar-refractivity contribution is 7.21. The molecule has 3 heterocycles. The van der Waals surface area contributed by atoms with Crippen LogP contribution >= 0.6 is 11.3 Å². The number of nitrogens with zero attached hydrogens (tertiary/aromatic N) is 3. The number of thiophene rings is 1. The molecule has 0 aliphatic rings. The molecular weight excluding hydrogens is 264 g/mol. The summed E-state index contributed by atoms with van der Waals surface area (Å²) in [6.07, 6.45) is 4.91. The van der Waals surface area contributed by atoms with Gasteiger partial charge in [0, 0.05) is 18.0 Å². The number of hydrogen-bond donors (Lipinski definition) is 2. The molecule has 0 spiro atoms. The predicted molar refractivity (Wildman–Crippen MR) is 72.0 cm³/mol. The van der Waals surface area contributed by atoms with Gasteiger partial charge in [0.25, 0.3) is 0 Å². The highest BCUT2D eigenvalue weighted by Gasteiger charge is 2.17. The molecule has 6 nitrogen and oxygen atoms in total. The minimum atomic E-state index is -1.06. The Kier molecular flexibility index (Phi) is 2.60. The van der Waals surface area contributed by atoms with Gasteiger partial charge in [-0.05, 0) is 12.1 Å². The third-order valence-corrected chi connectivity index (χ3v) is 3.68. The Bertz CT molecular complexity index is 770. The summed E-state index contributed by atoms with van der Waals surface area (Å²) in [6.45, 7) is 0. The first kappa shape index (κ1) is 11.5. The number of anilines is 1. The van der Waals surface area contributed by atoms with Crippen LogP contribution in [0.15, 0.2) is 30.7 Å². The van der Waals surface area contributed by atoms with E-state index in [1.165, 1.54) is 0 Å². The number of carbonyl (C=O) groups is 1. The van der Waals surface area contributed by atoms with Crippen LogP contribution in [-0.4, -0.2) is 26.0 Å². The first-order chi connectivity index (χ1) is 9.16. The lowest BCUT2D eigenvalue weighted by atomic mass is 10.2. The van der Waals surface area contributed by atoms with Crippen LogP contribution in [0.1, 0.15) is 9.67 Å². The number of nitrogen functional groups attached to an aromatic ring is 1. The van der Waals surface area contributed by atoms with Crippen LogP contribution in [0.2, 0.25) is 0 Å². The van der Waals surface area contributed by atoms with Crippen molar-refractivity contribution in [3.8, 4) is 11.3 Å². The first-order valence-electron chi connectivity index (χ1n) is 5.35. The Labute approximate surface area is 111 Å². The van der Waals surface area contributed by atoms with E-state index >= 15 is 0 Å². The van der Waals surface area contributed by atoms with Gasteiger partial charge in [0.05, 0.1) is 17.6 Å². The van der Waals surface area contributed by atoms with Gasteiger partial charge in [0.15, 0.2) is 0 Å². The van der Waals surface area contributed by atoms with E-state index in [2.05, 4.69) is 15.0 Å². The van der Waals surface area contributed by atoms with E-state index in [4.69, 9.17) is 10.8 Å². The van der Waals surface area contributed by atoms with Gasteiger partial charge in [-0.15, -0.1) is 11.3 Å². The van der Waals surface area contributed by atoms with Crippen LogP contribution in [-0.2, 0) is 0 Å². The molecule has 0 amide bonds. The highest BCUT2D eigenvalue weighted by atomic mass is 32.1. The average Bonchev–Trinajstić information content (AvgIpc) is 2.77. The van der Waals surface area contributed by atoms with E-state index in [0.29, 0.717) is 16.0 Å². The second kappa shape index (κ2) is 4.29. The van der Waals surface area contributed by atoms with Crippen molar-refractivity contribution in [2.45, 2.75) is 0 Å². The minimum Gasteiger partial charge on any atom is -0.477 e. The SMILES string of the molecule is Nc1c(C(=O)O)sc2ncc(-c3cccnc3)nc12. The van der Waals surface area contributed by atoms with Crippen LogP contribution in [0.4, 0.5) is 5.69 Å². The summed E-state index contributed by atoms with van der Waals surface area (Å²) in [5.74, 6) is -1.06. The Balaban J connectivity index is 2.21. The predicted octanol–water partition coefficient (Wildman–Crippen LogP) is 2.03. The van der Waals surface area contributed by atoms with E-state index in [-0.39, 0.29) is 10.6 Å². The monoisotopic (exact) mass is 272 g/mol. The maximum atomic E-state index is 11.0. The molecule has 19 heavy (non-hydrogen) atoms. The molecule has 0 saturated heterocycles. The molecule has 0 aliphatic carbocycles. The summed E-state index contributed by atoms with van der Waals surface area (Å²) < 4.78 is 0. The quantitative estimate of drug-likeness (QED) is 0.740. The Hall–Kier alpha value is -2.54. The van der Waals surface area contributed by atoms with E-state index in [0.717, 1.165) is 16.9 Å². The molecule has 0 radical (unpaired) electrons. The molecule has 3 rings (SSSR count). The number of carboxylic acid groups (broad SMARTS) is 1. The highest BCUT2D eigenvalue weighted by Crippen LogP contribution is 2.32. The molecule has 7 heteroatoms. The summed E-state index contributed by atoms with van der Waals surface area (Å²) >= 11 is 1.02. The van der Waals surface area contributed by atoms with Crippen molar-refractivity contribution in [2.24, 2.45) is 0 Å². The molecule has 0 unspecified atom stereocenters. The molecule has 0 fully saturated rings. The van der Waals surface area contributed by atoms with Crippen molar-refractivity contribution >= 4 is 33.3 Å². The molecule has 0 saturated carbocycles. The van der Waals surface area contributed by atoms with Gasteiger partial charge in [-0.1, -0.05) is 0 Å². The topological polar surface area (TPSA) is 102 Å². The second-order valence-electron chi connectivity index (χ2n) is 3.80. The Morgan fingerprint density at radius 2 is 2.21 bits per heavy atom. The van der Waals surface area contributed by atoms with Crippen molar-refractivity contribution in [1.82, 2.24) is 15.0 Å². The fraction of sp³-hybridized carbons (Fsp3) is 0. The lowest BCUT2D eigenvalue weighted by molar-refractivity contribution is 0.0703. The standard InChI is InChI=1S/C12H8N4O2S/c13-8-9-11(19-10(8)12(17)18)15-5-7(16-9)6-2-1-3-14-4-6/h1-5H,13H2,(H,17,18). The van der Waals surface area contributed by atoms with Crippen LogP contribution in [0.3, 0.4) is 0 Å². The van der Waals surface area contributed by atoms with Gasteiger partial charge in [0.1, 0.15) is 15.2 Å². The maximum absolute atomic E-state index is 11.0. The largest absolute Gasteiger partial charge is 0.477 e. The van der Waals surface area contributed by atoms with Gasteiger partial charge in [-0.2, -0.15) is 0 Å². The van der Waals surface area contributed by atoms with E-state index in [1.54, 1.807) is 24.7 Å². The van der Waals surface area contributed by atoms with Crippen molar-refractivity contribution in [3.05, 3.63) is 35.6 Å². The van der Waals surface area contributed by atoms with Gasteiger partial charge in [-0.3, -0.25) is 4.98 Å². The number of hydrogen-bond acceptors (Lipinski definition) is 6. The molecule has 0 aromatic carbocycles. The van der Waals surface area contributed by atoms with Gasteiger partial charge >= 0.3 is 5.97 Å². The fourth-order valence-corrected chi connectivity index (χ4v) is 2.54. The van der Waals surface area contributed by atoms with Crippen molar-refractivity contribution in [3.63, 3.8) is 0 Å². The molecule has 0 aliphatic heterocycles. The zero-order chi connectivity index (χ0) is 13.4. The average molecular weight is 272 g/mol. The third kappa shape index (κ3) is 1.89. The molecule has 0 bridgehead atoms. The van der Waals surface area contributed by atoms with Gasteiger partial charge in [-0.25, -0.2) is 14.8 Å². The molecule has 3 aromatic heterocycles. The normalized spacial score (nSPS) is 10.7. The van der Waals surface area contributed by atoms with Crippen LogP contribution in [0.5, 0.6) is 0 Å². The van der Waals surface area contributed by atoms with Crippen molar-refractivity contribution in [1.29, 1.82) is 0 Å². The summed E-state index contributed by atoms with van der Waals surface area (Å²) in [5, 5.41) is 9.02. The summed E-state index contributed by atoms with van der Waals surface area (Å²) in [7, 11) is 0. The number of fused-ring (bicyclic) bond motifs is 1.